The minimum Gasteiger partial charge on any atom is -0.490 e. The molecule has 4 rings (SSSR count). The number of hydrogen-bond acceptors (Lipinski definition) is 5. The van der Waals surface area contributed by atoms with Gasteiger partial charge in [0.2, 0.25) is 0 Å². The highest BCUT2D eigenvalue weighted by atomic mass is 79.9. The molecule has 1 saturated heterocycles. The van der Waals surface area contributed by atoms with E-state index in [0.717, 1.165) is 14.9 Å². The quantitative estimate of drug-likeness (QED) is 0.328. The van der Waals surface area contributed by atoms with Crippen molar-refractivity contribution in [1.82, 2.24) is 5.32 Å². The lowest BCUT2D eigenvalue weighted by atomic mass is 10.1. The monoisotopic (exact) mass is 538 g/mol. The summed E-state index contributed by atoms with van der Waals surface area (Å²) in [6.07, 6.45) is 1.39. The van der Waals surface area contributed by atoms with Crippen LogP contribution >= 0.6 is 15.9 Å². The van der Waals surface area contributed by atoms with Gasteiger partial charge in [-0.3, -0.25) is 14.9 Å². The minimum atomic E-state index is -0.820. The van der Waals surface area contributed by atoms with E-state index < -0.39 is 17.8 Å². The SMILES string of the molecule is CCOc1cc(/C=C2\C(=O)NC(=O)N(c3ccc(Br)cc3)C2=O)ccc1OCc1ccc(F)cc1. The average molecular weight is 539 g/mol. The number of ether oxygens (including phenoxy) is 2. The van der Waals surface area contributed by atoms with Crippen LogP contribution in [-0.4, -0.2) is 24.5 Å². The van der Waals surface area contributed by atoms with E-state index in [1.807, 2.05) is 6.92 Å². The number of hydrogen-bond donors (Lipinski definition) is 1. The van der Waals surface area contributed by atoms with Gasteiger partial charge in [0.05, 0.1) is 12.3 Å². The Morgan fingerprint density at radius 1 is 0.943 bits per heavy atom. The Labute approximate surface area is 209 Å². The molecule has 1 aliphatic heterocycles. The molecule has 7 nitrogen and oxygen atoms in total. The Hall–Kier alpha value is -3.98. The van der Waals surface area contributed by atoms with Gasteiger partial charge in [-0.15, -0.1) is 0 Å². The Kier molecular flexibility index (Phi) is 7.26. The van der Waals surface area contributed by atoms with Crippen molar-refractivity contribution in [2.75, 3.05) is 11.5 Å². The molecule has 0 radical (unpaired) electrons. The van der Waals surface area contributed by atoms with Crippen LogP contribution in [0.5, 0.6) is 11.5 Å². The molecule has 0 bridgehead atoms. The number of carbonyl (C=O) groups excluding carboxylic acids is 3. The van der Waals surface area contributed by atoms with E-state index in [1.165, 1.54) is 18.2 Å². The summed E-state index contributed by atoms with van der Waals surface area (Å²) in [5, 5.41) is 2.20. The number of rotatable bonds is 7. The third kappa shape index (κ3) is 5.58. The number of nitrogens with one attached hydrogen (secondary N) is 1. The van der Waals surface area contributed by atoms with Gasteiger partial charge >= 0.3 is 6.03 Å². The first-order valence-corrected chi connectivity index (χ1v) is 11.5. The lowest BCUT2D eigenvalue weighted by Gasteiger charge is -2.26. The van der Waals surface area contributed by atoms with Gasteiger partial charge in [-0.1, -0.05) is 34.1 Å². The number of imide groups is 2. The van der Waals surface area contributed by atoms with Crippen LogP contribution in [0.4, 0.5) is 14.9 Å². The number of nitrogens with zero attached hydrogens (tertiary/aromatic N) is 1. The smallest absolute Gasteiger partial charge is 0.335 e. The molecule has 0 aliphatic carbocycles. The van der Waals surface area contributed by atoms with Crippen molar-refractivity contribution in [3.8, 4) is 11.5 Å². The molecule has 0 aromatic heterocycles. The summed E-state index contributed by atoms with van der Waals surface area (Å²) in [6, 6.07) is 16.7. The topological polar surface area (TPSA) is 84.9 Å². The molecule has 4 amide bonds. The van der Waals surface area contributed by atoms with Crippen LogP contribution in [0.2, 0.25) is 0 Å². The van der Waals surface area contributed by atoms with Gasteiger partial charge in [0.25, 0.3) is 11.8 Å². The van der Waals surface area contributed by atoms with E-state index in [9.17, 15) is 18.8 Å². The van der Waals surface area contributed by atoms with E-state index >= 15 is 0 Å². The molecule has 3 aromatic carbocycles. The summed E-state index contributed by atoms with van der Waals surface area (Å²) in [5.41, 5.74) is 1.41. The van der Waals surface area contributed by atoms with Crippen LogP contribution in [0.25, 0.3) is 6.08 Å². The first-order valence-electron chi connectivity index (χ1n) is 10.7. The molecular formula is C26H20BrFN2O5. The van der Waals surface area contributed by atoms with E-state index in [-0.39, 0.29) is 18.0 Å². The summed E-state index contributed by atoms with van der Waals surface area (Å²) >= 11 is 3.31. The highest BCUT2D eigenvalue weighted by molar-refractivity contribution is 9.10. The van der Waals surface area contributed by atoms with Gasteiger partial charge in [0, 0.05) is 4.47 Å². The number of halogens is 2. The van der Waals surface area contributed by atoms with Crippen molar-refractivity contribution < 1.29 is 28.2 Å². The predicted molar refractivity (Wildman–Crippen MR) is 131 cm³/mol. The first-order chi connectivity index (χ1) is 16.9. The Bertz CT molecular complexity index is 1310. The number of anilines is 1. The zero-order valence-corrected chi connectivity index (χ0v) is 20.2. The number of urea groups is 1. The van der Waals surface area contributed by atoms with Gasteiger partial charge in [-0.2, -0.15) is 0 Å². The van der Waals surface area contributed by atoms with Gasteiger partial charge in [0.15, 0.2) is 11.5 Å². The second-order valence-electron chi connectivity index (χ2n) is 7.49. The molecule has 1 N–H and O–H groups in total. The van der Waals surface area contributed by atoms with Crippen molar-refractivity contribution in [2.45, 2.75) is 13.5 Å². The van der Waals surface area contributed by atoms with Crippen LogP contribution in [0, 0.1) is 5.82 Å². The number of barbiturate groups is 1. The summed E-state index contributed by atoms with van der Waals surface area (Å²) in [7, 11) is 0. The third-order valence-corrected chi connectivity index (χ3v) is 5.60. The minimum absolute atomic E-state index is 0.199. The second-order valence-corrected chi connectivity index (χ2v) is 8.40. The van der Waals surface area contributed by atoms with Crippen molar-refractivity contribution >= 4 is 45.5 Å². The lowest BCUT2D eigenvalue weighted by molar-refractivity contribution is -0.122. The predicted octanol–water partition coefficient (Wildman–Crippen LogP) is 5.23. The van der Waals surface area contributed by atoms with Crippen molar-refractivity contribution in [3.05, 3.63) is 93.7 Å². The maximum Gasteiger partial charge on any atom is 0.335 e. The first kappa shape index (κ1) is 24.2. The van der Waals surface area contributed by atoms with Crippen molar-refractivity contribution in [2.24, 2.45) is 0 Å². The summed E-state index contributed by atoms with van der Waals surface area (Å²) < 4.78 is 25.4. The molecule has 1 heterocycles. The van der Waals surface area contributed by atoms with Crippen molar-refractivity contribution in [3.63, 3.8) is 0 Å². The van der Waals surface area contributed by atoms with Crippen LogP contribution in [0.3, 0.4) is 0 Å². The van der Waals surface area contributed by atoms with Gasteiger partial charge in [-0.25, -0.2) is 14.1 Å². The van der Waals surface area contributed by atoms with Gasteiger partial charge in [0.1, 0.15) is 18.0 Å². The molecule has 0 atom stereocenters. The molecule has 178 valence electrons. The molecular weight excluding hydrogens is 519 g/mol. The van der Waals surface area contributed by atoms with Gasteiger partial charge < -0.3 is 9.47 Å². The molecule has 3 aromatic rings. The fraction of sp³-hybridized carbons (Fsp3) is 0.115. The zero-order chi connectivity index (χ0) is 24.9. The normalized spacial score (nSPS) is 14.8. The van der Waals surface area contributed by atoms with Crippen LogP contribution in [-0.2, 0) is 16.2 Å². The largest absolute Gasteiger partial charge is 0.490 e. The highest BCUT2D eigenvalue weighted by Crippen LogP contribution is 2.31. The van der Waals surface area contributed by atoms with E-state index in [2.05, 4.69) is 21.2 Å². The third-order valence-electron chi connectivity index (χ3n) is 5.07. The van der Waals surface area contributed by atoms with Crippen LogP contribution in [0.1, 0.15) is 18.1 Å². The number of carbonyl (C=O) groups is 3. The Balaban J connectivity index is 1.60. The maximum atomic E-state index is 13.1. The Morgan fingerprint density at radius 2 is 1.66 bits per heavy atom. The number of amides is 4. The van der Waals surface area contributed by atoms with Crippen LogP contribution in [0.15, 0.2) is 76.8 Å². The van der Waals surface area contributed by atoms with E-state index in [1.54, 1.807) is 54.6 Å². The summed E-state index contributed by atoms with van der Waals surface area (Å²) in [6.45, 7) is 2.37. The second kappa shape index (κ2) is 10.5. The molecule has 9 heteroatoms. The molecule has 35 heavy (non-hydrogen) atoms. The van der Waals surface area contributed by atoms with Crippen molar-refractivity contribution in [1.29, 1.82) is 0 Å². The maximum absolute atomic E-state index is 13.1. The highest BCUT2D eigenvalue weighted by Gasteiger charge is 2.36. The molecule has 1 aliphatic rings. The zero-order valence-electron chi connectivity index (χ0n) is 18.6. The molecule has 1 fully saturated rings. The van der Waals surface area contributed by atoms with E-state index in [0.29, 0.717) is 29.4 Å². The van der Waals surface area contributed by atoms with E-state index in [4.69, 9.17) is 9.47 Å². The fourth-order valence-electron chi connectivity index (χ4n) is 3.39. The average Bonchev–Trinajstić information content (AvgIpc) is 2.83. The standard InChI is InChI=1S/C26H20BrFN2O5/c1-2-34-23-14-17(5-12-22(23)35-15-16-3-8-19(28)9-4-16)13-21-24(31)29-26(33)30(25(21)32)20-10-6-18(27)7-11-20/h3-14H,2,15H2,1H3,(H,29,31,33)/b21-13+. The molecule has 0 spiro atoms. The lowest BCUT2D eigenvalue weighted by Crippen LogP contribution is -2.54. The van der Waals surface area contributed by atoms with Gasteiger partial charge in [-0.05, 0) is 72.7 Å². The number of benzene rings is 3. The molecule has 0 saturated carbocycles. The molecule has 0 unspecified atom stereocenters. The Morgan fingerprint density at radius 3 is 2.34 bits per heavy atom. The summed E-state index contributed by atoms with van der Waals surface area (Å²) in [5.74, 6) is -1.00. The summed E-state index contributed by atoms with van der Waals surface area (Å²) in [4.78, 5) is 38.8. The van der Waals surface area contributed by atoms with Crippen LogP contribution < -0.4 is 19.7 Å². The fourth-order valence-corrected chi connectivity index (χ4v) is 3.66.